The normalized spacial score (nSPS) is 25.8. The summed E-state index contributed by atoms with van der Waals surface area (Å²) in [5.74, 6) is 1.38. The van der Waals surface area contributed by atoms with Crippen molar-refractivity contribution in [3.05, 3.63) is 35.4 Å². The van der Waals surface area contributed by atoms with Gasteiger partial charge in [-0.05, 0) is 54.9 Å². The zero-order valence-corrected chi connectivity index (χ0v) is 13.7. The van der Waals surface area contributed by atoms with E-state index in [0.29, 0.717) is 12.3 Å². The van der Waals surface area contributed by atoms with E-state index in [4.69, 9.17) is 0 Å². The van der Waals surface area contributed by atoms with Gasteiger partial charge < -0.3 is 10.0 Å². The maximum Gasteiger partial charge on any atom is 0.223 e. The van der Waals surface area contributed by atoms with Gasteiger partial charge in [-0.3, -0.25) is 4.79 Å². The zero-order chi connectivity index (χ0) is 16.4. The summed E-state index contributed by atoms with van der Waals surface area (Å²) in [5, 5.41) is 9.93. The van der Waals surface area contributed by atoms with Crippen LogP contribution in [0.3, 0.4) is 0 Å². The van der Waals surface area contributed by atoms with Gasteiger partial charge in [-0.2, -0.15) is 11.8 Å². The molecule has 1 aromatic carbocycles. The number of carbonyl (C=O) groups is 1. The number of hydrogen-bond donors (Lipinski definition) is 1. The molecule has 0 spiro atoms. The van der Waals surface area contributed by atoms with E-state index in [1.807, 2.05) is 11.8 Å². The first-order chi connectivity index (χ1) is 11.0. The van der Waals surface area contributed by atoms with Gasteiger partial charge >= 0.3 is 0 Å². The van der Waals surface area contributed by atoms with Gasteiger partial charge in [0.1, 0.15) is 11.6 Å². The average Bonchev–Trinajstić information content (AvgIpc) is 2.92. The fraction of sp³-hybridized carbons (Fsp3) is 0.588. The molecule has 0 bridgehead atoms. The maximum absolute atomic E-state index is 14.1. The lowest BCUT2D eigenvalue weighted by molar-refractivity contribution is -0.133. The average molecular weight is 341 g/mol. The lowest BCUT2D eigenvalue weighted by atomic mass is 9.97. The number of aliphatic hydroxyl groups excluding tert-OH is 1. The molecule has 0 aromatic heterocycles. The van der Waals surface area contributed by atoms with E-state index in [1.165, 1.54) is 4.90 Å². The van der Waals surface area contributed by atoms with Crippen molar-refractivity contribution in [2.45, 2.75) is 37.8 Å². The van der Waals surface area contributed by atoms with E-state index in [9.17, 15) is 18.7 Å². The molecule has 2 unspecified atom stereocenters. The first-order valence-electron chi connectivity index (χ1n) is 8.05. The van der Waals surface area contributed by atoms with Crippen molar-refractivity contribution in [3.8, 4) is 0 Å². The molecule has 23 heavy (non-hydrogen) atoms. The highest BCUT2D eigenvalue weighted by Gasteiger charge is 2.37. The molecule has 2 aliphatic heterocycles. The molecule has 3 nitrogen and oxygen atoms in total. The van der Waals surface area contributed by atoms with Crippen LogP contribution in [0.5, 0.6) is 0 Å². The second kappa shape index (κ2) is 7.18. The summed E-state index contributed by atoms with van der Waals surface area (Å²) in [6.07, 6.45) is 2.04. The van der Waals surface area contributed by atoms with Gasteiger partial charge in [0.15, 0.2) is 0 Å². The van der Waals surface area contributed by atoms with Crippen molar-refractivity contribution < 1.29 is 18.7 Å². The van der Waals surface area contributed by atoms with E-state index in [1.54, 1.807) is 0 Å². The summed E-state index contributed by atoms with van der Waals surface area (Å²) in [6.45, 7) is 0.195. The monoisotopic (exact) mass is 341 g/mol. The van der Waals surface area contributed by atoms with Crippen LogP contribution in [0.1, 0.15) is 37.3 Å². The Bertz CT molecular complexity index is 578. The molecular formula is C17H21F2NO2S. The summed E-state index contributed by atoms with van der Waals surface area (Å²) in [5.41, 5.74) is 0.161. The molecule has 2 heterocycles. The number of rotatable bonds is 3. The Balaban J connectivity index is 1.76. The van der Waals surface area contributed by atoms with Crippen LogP contribution in [0.15, 0.2) is 18.2 Å². The number of likely N-dealkylation sites (tertiary alicyclic amines) is 1. The Hall–Kier alpha value is -1.14. The SMILES string of the molecule is O=C(CC1CCSCC1)N1CC(O)CC1c1cc(F)ccc1F. The maximum atomic E-state index is 14.1. The summed E-state index contributed by atoms with van der Waals surface area (Å²) in [6, 6.07) is 2.70. The molecule has 1 N–H and O–H groups in total. The Morgan fingerprint density at radius 3 is 2.78 bits per heavy atom. The Labute approximate surface area is 139 Å². The third kappa shape index (κ3) is 3.86. The minimum absolute atomic E-state index is 0.0629. The fourth-order valence-electron chi connectivity index (χ4n) is 3.47. The number of carbonyl (C=O) groups excluding carboxylic acids is 1. The Morgan fingerprint density at radius 1 is 1.30 bits per heavy atom. The van der Waals surface area contributed by atoms with Crippen molar-refractivity contribution in [2.24, 2.45) is 5.92 Å². The molecule has 1 amide bonds. The van der Waals surface area contributed by atoms with Gasteiger partial charge in [-0.15, -0.1) is 0 Å². The van der Waals surface area contributed by atoms with Crippen molar-refractivity contribution in [1.82, 2.24) is 4.90 Å². The molecule has 2 fully saturated rings. The topological polar surface area (TPSA) is 40.5 Å². The van der Waals surface area contributed by atoms with Gasteiger partial charge in [0.25, 0.3) is 0 Å². The standard InChI is InChI=1S/C17H21F2NO2S/c18-12-1-2-15(19)14(8-12)16-9-13(21)10-20(16)17(22)7-11-3-5-23-6-4-11/h1-2,8,11,13,16,21H,3-7,9-10H2. The zero-order valence-electron chi connectivity index (χ0n) is 12.9. The number of β-amino-alcohol motifs (C(OH)–C–C–N with tert-alkyl or cyclic N) is 1. The van der Waals surface area contributed by atoms with Gasteiger partial charge in [0.05, 0.1) is 12.1 Å². The first kappa shape index (κ1) is 16.7. The van der Waals surface area contributed by atoms with Crippen molar-refractivity contribution in [1.29, 1.82) is 0 Å². The van der Waals surface area contributed by atoms with E-state index in [0.717, 1.165) is 42.5 Å². The fourth-order valence-corrected chi connectivity index (χ4v) is 4.67. The molecule has 2 saturated heterocycles. The molecule has 1 aromatic rings. The molecule has 0 saturated carbocycles. The smallest absolute Gasteiger partial charge is 0.223 e. The van der Waals surface area contributed by atoms with E-state index in [2.05, 4.69) is 0 Å². The van der Waals surface area contributed by atoms with Crippen LogP contribution in [-0.4, -0.2) is 40.1 Å². The second-order valence-corrected chi connectivity index (χ2v) is 7.60. The summed E-state index contributed by atoms with van der Waals surface area (Å²) in [7, 11) is 0. The van der Waals surface area contributed by atoms with Crippen molar-refractivity contribution >= 4 is 17.7 Å². The predicted octanol–water partition coefficient (Wildman–Crippen LogP) is 3.13. The van der Waals surface area contributed by atoms with Crippen LogP contribution in [0, 0.1) is 17.6 Å². The highest BCUT2D eigenvalue weighted by atomic mass is 32.2. The molecule has 2 aliphatic rings. The quantitative estimate of drug-likeness (QED) is 0.918. The van der Waals surface area contributed by atoms with Crippen LogP contribution < -0.4 is 0 Å². The van der Waals surface area contributed by atoms with Gasteiger partial charge in [-0.25, -0.2) is 8.78 Å². The predicted molar refractivity (Wildman–Crippen MR) is 86.1 cm³/mol. The van der Waals surface area contributed by atoms with E-state index >= 15 is 0 Å². The first-order valence-corrected chi connectivity index (χ1v) is 9.20. The Kier molecular flexibility index (Phi) is 5.21. The van der Waals surface area contributed by atoms with Crippen LogP contribution in [-0.2, 0) is 4.79 Å². The minimum atomic E-state index is -0.687. The lowest BCUT2D eigenvalue weighted by Crippen LogP contribution is -2.34. The molecule has 126 valence electrons. The highest BCUT2D eigenvalue weighted by molar-refractivity contribution is 7.99. The van der Waals surface area contributed by atoms with Crippen LogP contribution >= 0.6 is 11.8 Å². The third-order valence-corrected chi connectivity index (χ3v) is 5.77. The number of halogens is 2. The molecular weight excluding hydrogens is 320 g/mol. The molecule has 3 rings (SSSR count). The number of amides is 1. The van der Waals surface area contributed by atoms with Gasteiger partial charge in [0, 0.05) is 18.5 Å². The molecule has 2 atom stereocenters. The third-order valence-electron chi connectivity index (χ3n) is 4.72. The number of aliphatic hydroxyl groups is 1. The minimum Gasteiger partial charge on any atom is -0.391 e. The second-order valence-electron chi connectivity index (χ2n) is 6.38. The number of benzene rings is 1. The summed E-state index contributed by atoms with van der Waals surface area (Å²) < 4.78 is 27.5. The molecule has 0 radical (unpaired) electrons. The largest absolute Gasteiger partial charge is 0.391 e. The number of thioether (sulfide) groups is 1. The Morgan fingerprint density at radius 2 is 2.04 bits per heavy atom. The highest BCUT2D eigenvalue weighted by Crippen LogP contribution is 2.36. The molecule has 6 heteroatoms. The van der Waals surface area contributed by atoms with Crippen molar-refractivity contribution in [2.75, 3.05) is 18.1 Å². The summed E-state index contributed by atoms with van der Waals surface area (Å²) in [4.78, 5) is 14.2. The van der Waals surface area contributed by atoms with Crippen LogP contribution in [0.4, 0.5) is 8.78 Å². The van der Waals surface area contributed by atoms with Gasteiger partial charge in [-0.1, -0.05) is 0 Å². The van der Waals surface area contributed by atoms with Crippen LogP contribution in [0.2, 0.25) is 0 Å². The van der Waals surface area contributed by atoms with Crippen molar-refractivity contribution in [3.63, 3.8) is 0 Å². The molecule has 0 aliphatic carbocycles. The van der Waals surface area contributed by atoms with Crippen LogP contribution in [0.25, 0.3) is 0 Å². The van der Waals surface area contributed by atoms with E-state index < -0.39 is 23.8 Å². The summed E-state index contributed by atoms with van der Waals surface area (Å²) >= 11 is 1.90. The number of nitrogens with zero attached hydrogens (tertiary/aromatic N) is 1. The van der Waals surface area contributed by atoms with E-state index in [-0.39, 0.29) is 24.4 Å². The lowest BCUT2D eigenvalue weighted by Gasteiger charge is -2.28. The van der Waals surface area contributed by atoms with Gasteiger partial charge in [0.2, 0.25) is 5.91 Å². The number of hydrogen-bond acceptors (Lipinski definition) is 3.